The predicted molar refractivity (Wildman–Crippen MR) is 93.8 cm³/mol. The molecule has 0 spiro atoms. The number of anilines is 3. The molecule has 0 aliphatic rings. The molecule has 0 unspecified atom stereocenters. The highest BCUT2D eigenvalue weighted by molar-refractivity contribution is 9.10. The SMILES string of the molecule is O=C(Nc1ccc(Br)cc1)c1cnc(Nc2ccc(F)cc2)cn1. The van der Waals surface area contributed by atoms with Gasteiger partial charge in [0.25, 0.3) is 5.91 Å². The van der Waals surface area contributed by atoms with Crippen LogP contribution in [-0.4, -0.2) is 15.9 Å². The van der Waals surface area contributed by atoms with Gasteiger partial charge in [-0.05, 0) is 48.5 Å². The normalized spacial score (nSPS) is 10.2. The molecule has 1 amide bonds. The number of nitrogens with zero attached hydrogens (tertiary/aromatic N) is 2. The molecule has 1 aromatic heterocycles. The second kappa shape index (κ2) is 7.18. The van der Waals surface area contributed by atoms with E-state index in [9.17, 15) is 9.18 Å². The fourth-order valence-electron chi connectivity index (χ4n) is 1.92. The molecule has 3 rings (SSSR count). The van der Waals surface area contributed by atoms with Crippen LogP contribution in [0.4, 0.5) is 21.6 Å². The minimum absolute atomic E-state index is 0.197. The largest absolute Gasteiger partial charge is 0.339 e. The quantitative estimate of drug-likeness (QED) is 0.698. The molecule has 0 saturated heterocycles. The van der Waals surface area contributed by atoms with Gasteiger partial charge in [-0.2, -0.15) is 0 Å². The molecule has 2 N–H and O–H groups in total. The maximum absolute atomic E-state index is 12.9. The summed E-state index contributed by atoms with van der Waals surface area (Å²) >= 11 is 3.33. The van der Waals surface area contributed by atoms with Crippen molar-refractivity contribution in [3.63, 3.8) is 0 Å². The number of hydrogen-bond donors (Lipinski definition) is 2. The lowest BCUT2D eigenvalue weighted by atomic mass is 10.3. The Morgan fingerprint density at radius 1 is 0.917 bits per heavy atom. The summed E-state index contributed by atoms with van der Waals surface area (Å²) in [5.41, 5.74) is 1.54. The fourth-order valence-corrected chi connectivity index (χ4v) is 2.18. The highest BCUT2D eigenvalue weighted by Crippen LogP contribution is 2.16. The summed E-state index contributed by atoms with van der Waals surface area (Å²) in [6.45, 7) is 0. The first-order valence-corrected chi connectivity index (χ1v) is 7.81. The monoisotopic (exact) mass is 386 g/mol. The van der Waals surface area contributed by atoms with Crippen molar-refractivity contribution in [2.75, 3.05) is 10.6 Å². The number of aromatic nitrogens is 2. The van der Waals surface area contributed by atoms with Crippen LogP contribution in [0.2, 0.25) is 0 Å². The summed E-state index contributed by atoms with van der Waals surface area (Å²) < 4.78 is 13.8. The third-order valence-electron chi connectivity index (χ3n) is 3.10. The maximum atomic E-state index is 12.9. The zero-order valence-corrected chi connectivity index (χ0v) is 13.9. The van der Waals surface area contributed by atoms with Gasteiger partial charge in [-0.15, -0.1) is 0 Å². The summed E-state index contributed by atoms with van der Waals surface area (Å²) in [7, 11) is 0. The third kappa shape index (κ3) is 4.14. The van der Waals surface area contributed by atoms with Gasteiger partial charge in [0.15, 0.2) is 0 Å². The molecule has 0 bridgehead atoms. The zero-order chi connectivity index (χ0) is 16.9. The first-order valence-electron chi connectivity index (χ1n) is 7.02. The number of nitrogens with one attached hydrogen (secondary N) is 2. The molecule has 120 valence electrons. The molecule has 2 aromatic carbocycles. The molecule has 5 nitrogen and oxygen atoms in total. The summed E-state index contributed by atoms with van der Waals surface area (Å²) in [4.78, 5) is 20.3. The van der Waals surface area contributed by atoms with Crippen LogP contribution in [0.1, 0.15) is 10.5 Å². The van der Waals surface area contributed by atoms with Gasteiger partial charge in [0, 0.05) is 15.8 Å². The van der Waals surface area contributed by atoms with Crippen molar-refractivity contribution in [2.45, 2.75) is 0 Å². The van der Waals surface area contributed by atoms with Gasteiger partial charge in [-0.1, -0.05) is 15.9 Å². The Labute approximate surface area is 146 Å². The van der Waals surface area contributed by atoms with E-state index in [-0.39, 0.29) is 17.4 Å². The van der Waals surface area contributed by atoms with Crippen LogP contribution in [0, 0.1) is 5.82 Å². The number of benzene rings is 2. The second-order valence-electron chi connectivity index (χ2n) is 4.88. The molecule has 24 heavy (non-hydrogen) atoms. The molecule has 0 atom stereocenters. The summed E-state index contributed by atoms with van der Waals surface area (Å²) in [5, 5.41) is 5.71. The van der Waals surface area contributed by atoms with E-state index >= 15 is 0 Å². The average molecular weight is 387 g/mol. The molecular weight excluding hydrogens is 375 g/mol. The van der Waals surface area contributed by atoms with E-state index in [1.807, 2.05) is 12.1 Å². The van der Waals surface area contributed by atoms with E-state index < -0.39 is 0 Å². The molecule has 0 aliphatic carbocycles. The Balaban J connectivity index is 1.66. The smallest absolute Gasteiger partial charge is 0.275 e. The number of carbonyl (C=O) groups excluding carboxylic acids is 1. The number of amides is 1. The lowest BCUT2D eigenvalue weighted by Gasteiger charge is -2.07. The van der Waals surface area contributed by atoms with Crippen LogP contribution < -0.4 is 10.6 Å². The molecular formula is C17H12BrFN4O. The van der Waals surface area contributed by atoms with Gasteiger partial charge >= 0.3 is 0 Å². The van der Waals surface area contributed by atoms with Crippen LogP contribution in [0.5, 0.6) is 0 Å². The minimum Gasteiger partial charge on any atom is -0.339 e. The Hall–Kier alpha value is -2.80. The lowest BCUT2D eigenvalue weighted by molar-refractivity contribution is 0.102. The van der Waals surface area contributed by atoms with Crippen LogP contribution in [0.25, 0.3) is 0 Å². The van der Waals surface area contributed by atoms with E-state index in [0.717, 1.165) is 4.47 Å². The van der Waals surface area contributed by atoms with Crippen molar-refractivity contribution >= 4 is 39.0 Å². The highest BCUT2D eigenvalue weighted by atomic mass is 79.9. The van der Waals surface area contributed by atoms with E-state index in [2.05, 4.69) is 36.5 Å². The first kappa shape index (κ1) is 16.1. The topological polar surface area (TPSA) is 66.9 Å². The maximum Gasteiger partial charge on any atom is 0.275 e. The van der Waals surface area contributed by atoms with Crippen molar-refractivity contribution in [2.24, 2.45) is 0 Å². The van der Waals surface area contributed by atoms with Crippen molar-refractivity contribution in [3.8, 4) is 0 Å². The molecule has 0 fully saturated rings. The third-order valence-corrected chi connectivity index (χ3v) is 3.63. The lowest BCUT2D eigenvalue weighted by Crippen LogP contribution is -2.14. The zero-order valence-electron chi connectivity index (χ0n) is 12.3. The number of halogens is 2. The molecule has 3 aromatic rings. The second-order valence-corrected chi connectivity index (χ2v) is 5.80. The number of rotatable bonds is 4. The van der Waals surface area contributed by atoms with Crippen LogP contribution in [-0.2, 0) is 0 Å². The summed E-state index contributed by atoms with van der Waals surface area (Å²) in [6, 6.07) is 13.1. The van der Waals surface area contributed by atoms with E-state index in [1.165, 1.54) is 24.5 Å². The van der Waals surface area contributed by atoms with Gasteiger partial charge in [0.1, 0.15) is 17.3 Å². The van der Waals surface area contributed by atoms with E-state index in [1.54, 1.807) is 24.3 Å². The van der Waals surface area contributed by atoms with Crippen molar-refractivity contribution < 1.29 is 9.18 Å². The number of carbonyl (C=O) groups is 1. The molecule has 7 heteroatoms. The van der Waals surface area contributed by atoms with E-state index in [4.69, 9.17) is 0 Å². The van der Waals surface area contributed by atoms with Gasteiger partial charge in [0.2, 0.25) is 0 Å². The van der Waals surface area contributed by atoms with Gasteiger partial charge in [-0.3, -0.25) is 4.79 Å². The van der Waals surface area contributed by atoms with Crippen LogP contribution in [0.3, 0.4) is 0 Å². The van der Waals surface area contributed by atoms with Crippen LogP contribution >= 0.6 is 15.9 Å². The molecule has 1 heterocycles. The first-order chi connectivity index (χ1) is 11.6. The average Bonchev–Trinajstić information content (AvgIpc) is 2.59. The van der Waals surface area contributed by atoms with Gasteiger partial charge < -0.3 is 10.6 Å². The minimum atomic E-state index is -0.349. The highest BCUT2D eigenvalue weighted by Gasteiger charge is 2.08. The number of hydrogen-bond acceptors (Lipinski definition) is 4. The molecule has 0 aliphatic heterocycles. The van der Waals surface area contributed by atoms with Crippen LogP contribution in [0.15, 0.2) is 65.4 Å². The van der Waals surface area contributed by atoms with E-state index in [0.29, 0.717) is 17.2 Å². The van der Waals surface area contributed by atoms with Gasteiger partial charge in [0.05, 0.1) is 12.4 Å². The molecule has 0 saturated carbocycles. The van der Waals surface area contributed by atoms with Crippen molar-refractivity contribution in [1.82, 2.24) is 9.97 Å². The fraction of sp³-hybridized carbons (Fsp3) is 0. The standard InChI is InChI=1S/C17H12BrFN4O/c18-11-1-5-14(6-2-11)23-17(24)15-9-21-16(10-20-15)22-13-7-3-12(19)4-8-13/h1-10H,(H,21,22)(H,23,24). The Morgan fingerprint density at radius 3 is 2.21 bits per heavy atom. The Morgan fingerprint density at radius 2 is 1.58 bits per heavy atom. The Bertz CT molecular complexity index is 836. The Kier molecular flexibility index (Phi) is 4.81. The van der Waals surface area contributed by atoms with Crippen molar-refractivity contribution in [3.05, 3.63) is 76.9 Å². The predicted octanol–water partition coefficient (Wildman–Crippen LogP) is 4.37. The van der Waals surface area contributed by atoms with Gasteiger partial charge in [-0.25, -0.2) is 14.4 Å². The summed E-state index contributed by atoms with van der Waals surface area (Å²) in [5.74, 6) is -0.202. The molecule has 0 radical (unpaired) electrons. The summed E-state index contributed by atoms with van der Waals surface area (Å²) in [6.07, 6.45) is 2.82. The van der Waals surface area contributed by atoms with Crippen molar-refractivity contribution in [1.29, 1.82) is 0 Å².